The first-order valence-corrected chi connectivity index (χ1v) is 10.9. The molecule has 0 fully saturated rings. The molecule has 0 saturated carbocycles. The highest BCUT2D eigenvalue weighted by Crippen LogP contribution is 2.26. The average molecular weight is 492 g/mol. The zero-order valence-corrected chi connectivity index (χ0v) is 17.3. The van der Waals surface area contributed by atoms with E-state index in [-0.39, 0.29) is 17.3 Å². The van der Waals surface area contributed by atoms with Crippen LogP contribution in [0.3, 0.4) is 0 Å². The minimum atomic E-state index is -4.45. The van der Waals surface area contributed by atoms with Crippen LogP contribution in [0.1, 0.15) is 11.5 Å². The van der Waals surface area contributed by atoms with Gasteiger partial charge in [-0.2, -0.15) is 18.2 Å². The van der Waals surface area contributed by atoms with Crippen LogP contribution in [0, 0.1) is 5.82 Å². The third-order valence-electron chi connectivity index (χ3n) is 3.80. The van der Waals surface area contributed by atoms with Crippen LogP contribution in [0.5, 0.6) is 0 Å². The molecule has 0 aliphatic carbocycles. The lowest BCUT2D eigenvalue weighted by Crippen LogP contribution is -2.11. The fourth-order valence-corrected chi connectivity index (χ4v) is 4.90. The van der Waals surface area contributed by atoms with E-state index in [4.69, 9.17) is 0 Å². The molecule has 1 unspecified atom stereocenters. The molecule has 2 aromatic carbocycles. The van der Waals surface area contributed by atoms with Crippen molar-refractivity contribution in [1.29, 1.82) is 0 Å². The second kappa shape index (κ2) is 8.23. The van der Waals surface area contributed by atoms with Crippen LogP contribution in [0.15, 0.2) is 60.7 Å². The molecular formula is C18H14BrF4N3O2S. The van der Waals surface area contributed by atoms with Gasteiger partial charge < -0.3 is 4.52 Å². The van der Waals surface area contributed by atoms with Gasteiger partial charge in [0, 0.05) is 16.3 Å². The van der Waals surface area contributed by atoms with E-state index in [0.29, 0.717) is 15.6 Å². The van der Waals surface area contributed by atoms with Crippen molar-refractivity contribution in [1.82, 2.24) is 10.1 Å². The van der Waals surface area contributed by atoms with Gasteiger partial charge >= 0.3 is 6.18 Å². The van der Waals surface area contributed by atoms with E-state index in [1.165, 1.54) is 18.4 Å². The molecular weight excluding hydrogens is 478 g/mol. The maximum absolute atomic E-state index is 13.5. The Morgan fingerprint density at radius 1 is 1.21 bits per heavy atom. The Labute approximate surface area is 172 Å². The molecule has 1 atom stereocenters. The average Bonchev–Trinajstić information content (AvgIpc) is 3.09. The quantitative estimate of drug-likeness (QED) is 0.448. The maximum Gasteiger partial charge on any atom is 0.397 e. The molecule has 5 nitrogen and oxygen atoms in total. The first kappa shape index (κ1) is 21.4. The van der Waals surface area contributed by atoms with Gasteiger partial charge in [-0.3, -0.25) is 0 Å². The summed E-state index contributed by atoms with van der Waals surface area (Å²) in [5, 5.41) is 3.57. The Balaban J connectivity index is 1.84. The molecule has 11 heteroatoms. The molecule has 0 radical (unpaired) electrons. The molecule has 1 aromatic heterocycles. The van der Waals surface area contributed by atoms with Crippen LogP contribution in [0.25, 0.3) is 11.4 Å². The van der Waals surface area contributed by atoms with Crippen molar-refractivity contribution < 1.29 is 26.3 Å². The Morgan fingerprint density at radius 3 is 2.69 bits per heavy atom. The summed E-state index contributed by atoms with van der Waals surface area (Å²) in [5.41, 5.74) is 1.07. The molecule has 0 amide bonds. The van der Waals surface area contributed by atoms with Gasteiger partial charge in [0.2, 0.25) is 11.7 Å². The van der Waals surface area contributed by atoms with Crippen molar-refractivity contribution >= 4 is 25.7 Å². The second-order valence-corrected chi connectivity index (χ2v) is 9.33. The molecule has 0 bridgehead atoms. The van der Waals surface area contributed by atoms with Gasteiger partial charge in [-0.15, -0.1) is 0 Å². The van der Waals surface area contributed by atoms with Gasteiger partial charge in [0.15, 0.2) is 0 Å². The van der Waals surface area contributed by atoms with Crippen LogP contribution in [0.2, 0.25) is 0 Å². The van der Waals surface area contributed by atoms with E-state index < -0.39 is 34.0 Å². The van der Waals surface area contributed by atoms with E-state index in [1.807, 2.05) is 0 Å². The Bertz CT molecular complexity index is 1150. The number of nitrogens with zero attached hydrogens (tertiary/aromatic N) is 3. The van der Waals surface area contributed by atoms with Crippen LogP contribution in [-0.2, 0) is 22.7 Å². The van der Waals surface area contributed by atoms with Crippen LogP contribution in [0.4, 0.5) is 17.6 Å². The highest BCUT2D eigenvalue weighted by molar-refractivity contribution is 9.10. The standard InChI is InChI=1S/C18H14BrF4N3O2S/c1-29(27,15-8-13(20)5-6-14(15)19)24-10-11-3-2-4-12(7-11)17-25-16(28-26-17)9-18(21,22)23/h2-8H,9-10H2,1H3. The number of halogens is 5. The Hall–Kier alpha value is -2.27. The summed E-state index contributed by atoms with van der Waals surface area (Å²) in [6, 6.07) is 10.4. The van der Waals surface area contributed by atoms with Crippen molar-refractivity contribution in [2.45, 2.75) is 24.0 Å². The predicted molar refractivity (Wildman–Crippen MR) is 102 cm³/mol. The summed E-state index contributed by atoms with van der Waals surface area (Å²) in [6.07, 6.45) is -4.36. The molecule has 1 heterocycles. The molecule has 0 aliphatic heterocycles. The van der Waals surface area contributed by atoms with E-state index in [1.54, 1.807) is 24.3 Å². The fraction of sp³-hybridized carbons (Fsp3) is 0.222. The lowest BCUT2D eigenvalue weighted by atomic mass is 10.1. The topological polar surface area (TPSA) is 68.3 Å². The monoisotopic (exact) mass is 491 g/mol. The lowest BCUT2D eigenvalue weighted by molar-refractivity contribution is -0.131. The van der Waals surface area contributed by atoms with Gasteiger partial charge in [0.25, 0.3) is 0 Å². The normalized spacial score (nSPS) is 13.9. The number of rotatable bonds is 5. The zero-order valence-electron chi connectivity index (χ0n) is 14.9. The first-order chi connectivity index (χ1) is 13.5. The van der Waals surface area contributed by atoms with Crippen molar-refractivity contribution in [3.8, 4) is 11.4 Å². The van der Waals surface area contributed by atoms with Gasteiger partial charge in [0.1, 0.15) is 12.2 Å². The van der Waals surface area contributed by atoms with Crippen LogP contribution in [-0.4, -0.2) is 26.8 Å². The van der Waals surface area contributed by atoms with Gasteiger partial charge in [-0.05, 0) is 45.8 Å². The third-order valence-corrected chi connectivity index (χ3v) is 6.53. The van der Waals surface area contributed by atoms with Gasteiger partial charge in [-0.1, -0.05) is 23.4 Å². The van der Waals surface area contributed by atoms with Crippen molar-refractivity contribution in [2.24, 2.45) is 4.36 Å². The van der Waals surface area contributed by atoms with Crippen molar-refractivity contribution in [3.63, 3.8) is 0 Å². The number of benzene rings is 2. The van der Waals surface area contributed by atoms with E-state index in [2.05, 4.69) is 35.0 Å². The summed E-state index contributed by atoms with van der Waals surface area (Å²) in [7, 11) is -2.89. The summed E-state index contributed by atoms with van der Waals surface area (Å²) >= 11 is 3.24. The largest absolute Gasteiger partial charge is 0.397 e. The molecule has 0 N–H and O–H groups in total. The number of alkyl halides is 3. The van der Waals surface area contributed by atoms with Gasteiger partial charge in [0.05, 0.1) is 21.2 Å². The van der Waals surface area contributed by atoms with E-state index in [9.17, 15) is 21.8 Å². The SMILES string of the molecule is CS(=O)(=NCc1cccc(-c2noc(CC(F)(F)F)n2)c1)c1cc(F)ccc1Br. The Kier molecular flexibility index (Phi) is 6.08. The summed E-state index contributed by atoms with van der Waals surface area (Å²) in [6.45, 7) is 0.0411. The van der Waals surface area contributed by atoms with Crippen molar-refractivity contribution in [2.75, 3.05) is 6.26 Å². The molecule has 29 heavy (non-hydrogen) atoms. The lowest BCUT2D eigenvalue weighted by Gasteiger charge is -2.08. The summed E-state index contributed by atoms with van der Waals surface area (Å²) < 4.78 is 73.0. The zero-order chi connectivity index (χ0) is 21.2. The second-order valence-electron chi connectivity index (χ2n) is 6.17. The molecule has 3 aromatic rings. The smallest absolute Gasteiger partial charge is 0.339 e. The minimum absolute atomic E-state index is 0.0104. The fourth-order valence-electron chi connectivity index (χ4n) is 2.46. The Morgan fingerprint density at radius 2 is 1.97 bits per heavy atom. The highest BCUT2D eigenvalue weighted by atomic mass is 79.9. The minimum Gasteiger partial charge on any atom is -0.339 e. The van der Waals surface area contributed by atoms with Crippen molar-refractivity contribution in [3.05, 3.63) is 64.2 Å². The third kappa shape index (κ3) is 5.63. The van der Waals surface area contributed by atoms with E-state index >= 15 is 0 Å². The molecule has 0 saturated heterocycles. The predicted octanol–water partition coefficient (Wildman–Crippen LogP) is 5.40. The summed E-state index contributed by atoms with van der Waals surface area (Å²) in [5.74, 6) is -1.05. The molecule has 0 aliphatic rings. The maximum atomic E-state index is 13.5. The molecule has 0 spiro atoms. The number of hydrogen-bond acceptors (Lipinski definition) is 5. The first-order valence-electron chi connectivity index (χ1n) is 8.15. The van der Waals surface area contributed by atoms with Gasteiger partial charge in [-0.25, -0.2) is 13.0 Å². The molecule has 3 rings (SSSR count). The number of aromatic nitrogens is 2. The highest BCUT2D eigenvalue weighted by Gasteiger charge is 2.31. The van der Waals surface area contributed by atoms with Crippen LogP contribution < -0.4 is 0 Å². The van der Waals surface area contributed by atoms with Crippen LogP contribution >= 0.6 is 15.9 Å². The van der Waals surface area contributed by atoms with E-state index in [0.717, 1.165) is 6.07 Å². The number of hydrogen-bond donors (Lipinski definition) is 0. The molecule has 154 valence electrons. The summed E-state index contributed by atoms with van der Waals surface area (Å²) in [4.78, 5) is 3.99.